The van der Waals surface area contributed by atoms with Crippen LogP contribution in [0.5, 0.6) is 0 Å². The smallest absolute Gasteiger partial charge is 0.336 e. The maximum absolute atomic E-state index is 10.6. The zero-order chi connectivity index (χ0) is 33.0. The highest BCUT2D eigenvalue weighted by Gasteiger charge is 2.18. The first kappa shape index (κ1) is 36.2. The topological polar surface area (TPSA) is 177 Å². The van der Waals surface area contributed by atoms with Crippen molar-refractivity contribution in [2.75, 3.05) is 0 Å². The van der Waals surface area contributed by atoms with Crippen molar-refractivity contribution in [2.45, 2.75) is 84.0 Å². The highest BCUT2D eigenvalue weighted by Crippen LogP contribution is 2.15. The molecule has 45 heavy (non-hydrogen) atoms. The van der Waals surface area contributed by atoms with Crippen LogP contribution in [0.1, 0.15) is 120 Å². The predicted molar refractivity (Wildman–Crippen MR) is 173 cm³/mol. The molecule has 2 aromatic heterocycles. The zero-order valence-corrected chi connectivity index (χ0v) is 25.9. The van der Waals surface area contributed by atoms with Crippen LogP contribution in [0.2, 0.25) is 0 Å². The summed E-state index contributed by atoms with van der Waals surface area (Å²) in [5.41, 5.74) is 0.690. The molecule has 0 saturated heterocycles. The summed E-state index contributed by atoms with van der Waals surface area (Å²) in [5.74, 6) is -3.28. The van der Waals surface area contributed by atoms with Crippen molar-refractivity contribution in [1.82, 2.24) is 15.0 Å². The van der Waals surface area contributed by atoms with Gasteiger partial charge in [0.2, 0.25) is 0 Å². The van der Waals surface area contributed by atoms with Crippen LogP contribution < -0.4 is 0 Å². The number of H-pyrrole nitrogens is 1. The van der Waals surface area contributed by atoms with E-state index in [9.17, 15) is 14.4 Å². The molecule has 4 aromatic rings. The van der Waals surface area contributed by atoms with Gasteiger partial charge in [-0.2, -0.15) is 5.26 Å². The summed E-state index contributed by atoms with van der Waals surface area (Å²) in [7, 11) is 0. The number of benzene rings is 2. The molecule has 2 aromatic carbocycles. The van der Waals surface area contributed by atoms with E-state index in [1.165, 1.54) is 63.2 Å². The number of para-hydroxylation sites is 1. The molecule has 0 aliphatic rings. The number of hydrogen-bond donors (Lipinski definition) is 4. The van der Waals surface area contributed by atoms with E-state index in [1.807, 2.05) is 43.6 Å². The first-order valence-corrected chi connectivity index (χ1v) is 15.2. The Morgan fingerprint density at radius 3 is 2.04 bits per heavy atom. The van der Waals surface area contributed by atoms with Crippen molar-refractivity contribution in [3.05, 3.63) is 95.2 Å². The van der Waals surface area contributed by atoms with Gasteiger partial charge in [0.05, 0.1) is 39.9 Å². The molecule has 0 saturated carbocycles. The molecule has 2 heterocycles. The molecule has 0 spiro atoms. The lowest BCUT2D eigenvalue weighted by atomic mass is 10.0. The highest BCUT2D eigenvalue weighted by molar-refractivity contribution is 6.03. The van der Waals surface area contributed by atoms with E-state index in [1.54, 1.807) is 0 Å². The molecule has 238 valence electrons. The minimum atomic E-state index is -1.48. The number of carboxylic acid groups (broad SMARTS) is 3. The van der Waals surface area contributed by atoms with Crippen LogP contribution in [-0.4, -0.2) is 48.2 Å². The van der Waals surface area contributed by atoms with Crippen molar-refractivity contribution in [1.29, 1.82) is 5.26 Å². The lowest BCUT2D eigenvalue weighted by Gasteiger charge is -2.02. The Balaban J connectivity index is 0.000000248. The van der Waals surface area contributed by atoms with Crippen LogP contribution in [0.15, 0.2) is 67.0 Å². The van der Waals surface area contributed by atoms with Crippen molar-refractivity contribution in [2.24, 2.45) is 0 Å². The number of carboxylic acids is 3. The van der Waals surface area contributed by atoms with Crippen LogP contribution >= 0.6 is 0 Å². The molecule has 10 nitrogen and oxygen atoms in total. The van der Waals surface area contributed by atoms with E-state index < -0.39 is 29.0 Å². The third kappa shape index (κ3) is 13.0. The van der Waals surface area contributed by atoms with E-state index in [0.29, 0.717) is 0 Å². The fourth-order valence-electron chi connectivity index (χ4n) is 4.45. The largest absolute Gasteiger partial charge is 0.478 e. The minimum Gasteiger partial charge on any atom is -0.478 e. The molecular weight excluding hydrogens is 572 g/mol. The van der Waals surface area contributed by atoms with Gasteiger partial charge in [0, 0.05) is 24.2 Å². The van der Waals surface area contributed by atoms with Gasteiger partial charge in [-0.05, 0) is 43.7 Å². The zero-order valence-electron chi connectivity index (χ0n) is 25.9. The number of rotatable bonds is 14. The summed E-state index contributed by atoms with van der Waals surface area (Å²) in [6, 6.07) is 17.1. The first-order chi connectivity index (χ1) is 21.7. The maximum atomic E-state index is 10.6. The van der Waals surface area contributed by atoms with Gasteiger partial charge >= 0.3 is 17.9 Å². The molecule has 4 N–H and O–H groups in total. The van der Waals surface area contributed by atoms with Gasteiger partial charge in [-0.3, -0.25) is 4.98 Å². The third-order valence-corrected chi connectivity index (χ3v) is 7.04. The van der Waals surface area contributed by atoms with Crippen LogP contribution in [0.4, 0.5) is 0 Å². The van der Waals surface area contributed by atoms with Gasteiger partial charge in [0.15, 0.2) is 0 Å². The number of pyridine rings is 1. The third-order valence-electron chi connectivity index (χ3n) is 7.04. The lowest BCUT2D eigenvalue weighted by Crippen LogP contribution is -2.10. The number of aromatic carboxylic acids is 3. The monoisotopic (exact) mass is 614 g/mol. The molecule has 0 aliphatic heterocycles. The number of aromatic nitrogens is 3. The Labute approximate surface area is 263 Å². The molecule has 1 unspecified atom stereocenters. The van der Waals surface area contributed by atoms with Gasteiger partial charge in [-0.25, -0.2) is 19.4 Å². The van der Waals surface area contributed by atoms with E-state index in [-0.39, 0.29) is 11.5 Å². The van der Waals surface area contributed by atoms with Gasteiger partial charge in [-0.15, -0.1) is 0 Å². The quantitative estimate of drug-likeness (QED) is 0.102. The number of imidazole rings is 1. The molecule has 1 atom stereocenters. The average molecular weight is 615 g/mol. The van der Waals surface area contributed by atoms with Gasteiger partial charge in [-0.1, -0.05) is 82.6 Å². The van der Waals surface area contributed by atoms with E-state index in [2.05, 4.69) is 40.1 Å². The fraction of sp³-hybridized carbons (Fsp3) is 0.371. The Morgan fingerprint density at radius 1 is 0.822 bits per heavy atom. The highest BCUT2D eigenvalue weighted by atomic mass is 16.4. The molecule has 0 amide bonds. The maximum Gasteiger partial charge on any atom is 0.336 e. The van der Waals surface area contributed by atoms with Crippen LogP contribution in [-0.2, 0) is 6.42 Å². The number of unbranched alkanes of at least 4 members (excludes halogenated alkanes) is 8. The Morgan fingerprint density at radius 2 is 1.44 bits per heavy atom. The molecule has 10 heteroatoms. The number of nitrogens with one attached hydrogen (secondary N) is 1. The standard InChI is InChI=1S/C17H29N3.C9H7N.C9H6O6/c1-3-4-5-6-7-8-9-10-11-12-17-19-14-16(20-17)15(2)13-18;1-2-6-9-8(4-1)5-3-7-10-9;10-7(11)4-1-2-5(8(12)13)6(3-4)9(14)15/h14-15H,3-12H2,1-2H3,(H,19,20);1-7H;1-3H,(H,10,11)(H,12,13)(H,14,15). The summed E-state index contributed by atoms with van der Waals surface area (Å²) < 4.78 is 0. The number of nitrogens with zero attached hydrogens (tertiary/aromatic N) is 3. The molecule has 0 aliphatic carbocycles. The van der Waals surface area contributed by atoms with E-state index in [4.69, 9.17) is 20.6 Å². The number of aromatic amines is 1. The normalized spacial score (nSPS) is 10.9. The molecule has 0 bridgehead atoms. The second-order valence-corrected chi connectivity index (χ2v) is 10.6. The van der Waals surface area contributed by atoms with Crippen LogP contribution in [0.3, 0.4) is 0 Å². The fourth-order valence-corrected chi connectivity index (χ4v) is 4.45. The first-order valence-electron chi connectivity index (χ1n) is 15.2. The second-order valence-electron chi connectivity index (χ2n) is 10.6. The summed E-state index contributed by atoms with van der Waals surface area (Å²) in [6.07, 6.45) is 16.8. The van der Waals surface area contributed by atoms with Crippen LogP contribution in [0, 0.1) is 11.3 Å². The van der Waals surface area contributed by atoms with Crippen LogP contribution in [0.25, 0.3) is 10.9 Å². The van der Waals surface area contributed by atoms with Gasteiger partial charge < -0.3 is 20.3 Å². The van der Waals surface area contributed by atoms with Gasteiger partial charge in [0.1, 0.15) is 5.82 Å². The Hall–Kier alpha value is -5.04. The number of fused-ring (bicyclic) bond motifs is 1. The lowest BCUT2D eigenvalue weighted by molar-refractivity contribution is 0.0649. The molecule has 0 fully saturated rings. The molecular formula is C35H42N4O6. The Kier molecular flexibility index (Phi) is 16.1. The van der Waals surface area contributed by atoms with Gasteiger partial charge in [0.25, 0.3) is 0 Å². The van der Waals surface area contributed by atoms with Crippen molar-refractivity contribution in [3.63, 3.8) is 0 Å². The van der Waals surface area contributed by atoms with Crippen molar-refractivity contribution < 1.29 is 29.7 Å². The SMILES string of the molecule is CCCCCCCCCCCc1nc(C(C)C#N)c[nH]1.O=C(O)c1ccc(C(=O)O)c(C(=O)O)c1.c1ccc2ncccc2c1. The predicted octanol–water partition coefficient (Wildman–Crippen LogP) is 8.13. The summed E-state index contributed by atoms with van der Waals surface area (Å²) in [5, 5.41) is 35.9. The average Bonchev–Trinajstić information content (AvgIpc) is 3.53. The van der Waals surface area contributed by atoms with E-state index in [0.717, 1.165) is 41.7 Å². The Bertz CT molecular complexity index is 1490. The second kappa shape index (κ2) is 20.0. The summed E-state index contributed by atoms with van der Waals surface area (Å²) in [6.45, 7) is 4.15. The molecule has 0 radical (unpaired) electrons. The number of aryl methyl sites for hydroxylation is 1. The minimum absolute atomic E-state index is 0.108. The van der Waals surface area contributed by atoms with E-state index >= 15 is 0 Å². The van der Waals surface area contributed by atoms with Crippen molar-refractivity contribution >= 4 is 28.8 Å². The molecule has 4 rings (SSSR count). The van der Waals surface area contributed by atoms with Crippen molar-refractivity contribution in [3.8, 4) is 6.07 Å². The number of nitriles is 1. The number of hydrogen-bond acceptors (Lipinski definition) is 6. The number of carbonyl (C=O) groups is 3. The summed E-state index contributed by atoms with van der Waals surface area (Å²) >= 11 is 0. The summed E-state index contributed by atoms with van der Waals surface area (Å²) in [4.78, 5) is 43.6.